The van der Waals surface area contributed by atoms with E-state index in [0.717, 1.165) is 12.1 Å². The number of hydrogen-bond acceptors (Lipinski definition) is 3. The lowest BCUT2D eigenvalue weighted by molar-refractivity contribution is 0.0906. The molecule has 0 saturated carbocycles. The van der Waals surface area contributed by atoms with E-state index in [1.807, 2.05) is 6.92 Å². The molecule has 0 fully saturated rings. The van der Waals surface area contributed by atoms with Crippen LogP contribution in [0.25, 0.3) is 0 Å². The first kappa shape index (κ1) is 16.9. The first-order valence-electron chi connectivity index (χ1n) is 6.05. The Kier molecular flexibility index (Phi) is 4.82. The van der Waals surface area contributed by atoms with Gasteiger partial charge in [-0.25, -0.2) is 12.8 Å². The summed E-state index contributed by atoms with van der Waals surface area (Å²) in [7, 11) is 1.22. The van der Waals surface area contributed by atoms with Crippen molar-refractivity contribution in [1.82, 2.24) is 5.32 Å². The lowest BCUT2D eigenvalue weighted by atomic mass is 10.0. The summed E-state index contributed by atoms with van der Waals surface area (Å²) >= 11 is 0. The van der Waals surface area contributed by atoms with Crippen LogP contribution in [0.3, 0.4) is 0 Å². The molecule has 0 heterocycles. The van der Waals surface area contributed by atoms with Crippen molar-refractivity contribution in [2.75, 3.05) is 0 Å². The number of rotatable bonds is 4. The summed E-state index contributed by atoms with van der Waals surface area (Å²) in [6, 6.07) is 2.05. The van der Waals surface area contributed by atoms with Crippen LogP contribution in [0.15, 0.2) is 17.0 Å². The van der Waals surface area contributed by atoms with E-state index in [0.29, 0.717) is 6.42 Å². The first-order valence-corrected chi connectivity index (χ1v) is 8.36. The van der Waals surface area contributed by atoms with E-state index in [2.05, 4.69) is 5.32 Å². The summed E-state index contributed by atoms with van der Waals surface area (Å²) in [4.78, 5) is 11.8. The van der Waals surface area contributed by atoms with Gasteiger partial charge in [0.05, 0.1) is 10.5 Å². The molecule has 20 heavy (non-hydrogen) atoms. The minimum atomic E-state index is -4.02. The number of carbonyl (C=O) groups is 1. The quantitative estimate of drug-likeness (QED) is 0.867. The van der Waals surface area contributed by atoms with Crippen LogP contribution in [0.4, 0.5) is 4.39 Å². The molecule has 7 heteroatoms. The van der Waals surface area contributed by atoms with E-state index in [1.165, 1.54) is 6.92 Å². The number of nitrogens with one attached hydrogen (secondary N) is 1. The van der Waals surface area contributed by atoms with Crippen molar-refractivity contribution < 1.29 is 17.6 Å². The second kappa shape index (κ2) is 5.69. The Morgan fingerprint density at radius 2 is 1.95 bits per heavy atom. The predicted octanol–water partition coefficient (Wildman–Crippen LogP) is 2.98. The van der Waals surface area contributed by atoms with E-state index in [-0.39, 0.29) is 16.0 Å². The van der Waals surface area contributed by atoms with Crippen molar-refractivity contribution in [1.29, 1.82) is 0 Å². The number of hydrogen-bond donors (Lipinski definition) is 1. The predicted molar refractivity (Wildman–Crippen MR) is 76.0 cm³/mol. The van der Waals surface area contributed by atoms with Crippen LogP contribution in [-0.4, -0.2) is 19.9 Å². The third-order valence-corrected chi connectivity index (χ3v) is 4.42. The fourth-order valence-electron chi connectivity index (χ4n) is 1.51. The fraction of sp³-hybridized carbons (Fsp3) is 0.462. The molecule has 0 aliphatic heterocycles. The molecule has 0 unspecified atom stereocenters. The SMILES string of the molecule is CCC(C)(C)NC(=O)c1cc(S(=O)(=O)Cl)cc(C)c1F. The number of amides is 1. The molecule has 0 spiro atoms. The summed E-state index contributed by atoms with van der Waals surface area (Å²) < 4.78 is 36.6. The van der Waals surface area contributed by atoms with Crippen molar-refractivity contribution in [2.24, 2.45) is 0 Å². The van der Waals surface area contributed by atoms with Crippen LogP contribution in [0.1, 0.15) is 43.1 Å². The molecule has 0 radical (unpaired) electrons. The van der Waals surface area contributed by atoms with Crippen molar-refractivity contribution >= 4 is 25.6 Å². The van der Waals surface area contributed by atoms with Gasteiger partial charge in [-0.2, -0.15) is 0 Å². The smallest absolute Gasteiger partial charge is 0.261 e. The topological polar surface area (TPSA) is 63.2 Å². The maximum Gasteiger partial charge on any atom is 0.261 e. The molecule has 1 amide bonds. The van der Waals surface area contributed by atoms with Crippen molar-refractivity contribution in [3.05, 3.63) is 29.1 Å². The molecule has 112 valence electrons. The number of halogens is 2. The van der Waals surface area contributed by atoms with Gasteiger partial charge in [0.1, 0.15) is 5.82 Å². The van der Waals surface area contributed by atoms with E-state index in [9.17, 15) is 17.6 Å². The Balaban J connectivity index is 3.31. The van der Waals surface area contributed by atoms with Crippen molar-refractivity contribution in [3.8, 4) is 0 Å². The molecule has 1 aromatic rings. The minimum absolute atomic E-state index is 0.0474. The molecule has 1 N–H and O–H groups in total. The molecule has 0 aliphatic carbocycles. The Bertz CT molecular complexity index is 641. The summed E-state index contributed by atoms with van der Waals surface area (Å²) in [5, 5.41) is 2.65. The Morgan fingerprint density at radius 1 is 1.40 bits per heavy atom. The van der Waals surface area contributed by atoms with Gasteiger partial charge in [0.2, 0.25) is 0 Å². The van der Waals surface area contributed by atoms with Crippen LogP contribution in [0, 0.1) is 12.7 Å². The molecule has 0 atom stereocenters. The second-order valence-corrected chi connectivity index (χ2v) is 7.80. The zero-order chi connectivity index (χ0) is 15.7. The highest BCUT2D eigenvalue weighted by atomic mass is 35.7. The standard InChI is InChI=1S/C13H17ClFNO3S/c1-5-13(3,4)16-12(17)10-7-9(20(14,18)19)6-8(2)11(10)15/h6-7H,5H2,1-4H3,(H,16,17). The van der Waals surface area contributed by atoms with Crippen LogP contribution >= 0.6 is 10.7 Å². The average Bonchev–Trinajstić information content (AvgIpc) is 2.30. The first-order chi connectivity index (χ1) is 8.98. The number of benzene rings is 1. The second-order valence-electron chi connectivity index (χ2n) is 5.23. The molecule has 1 rings (SSSR count). The Labute approximate surface area is 122 Å². The monoisotopic (exact) mass is 321 g/mol. The van der Waals surface area contributed by atoms with Gasteiger partial charge in [0.15, 0.2) is 0 Å². The molecule has 0 bridgehead atoms. The highest BCUT2D eigenvalue weighted by Crippen LogP contribution is 2.22. The zero-order valence-corrected chi connectivity index (χ0v) is 13.3. The number of carbonyl (C=O) groups excluding carboxylic acids is 1. The largest absolute Gasteiger partial charge is 0.347 e. The van der Waals surface area contributed by atoms with E-state index in [1.54, 1.807) is 13.8 Å². The van der Waals surface area contributed by atoms with Gasteiger partial charge in [0.25, 0.3) is 15.0 Å². The summed E-state index contributed by atoms with van der Waals surface area (Å²) in [6.45, 7) is 6.83. The van der Waals surface area contributed by atoms with Crippen LogP contribution in [0.2, 0.25) is 0 Å². The molecule has 0 aliphatic rings. The number of aryl methyl sites for hydroxylation is 1. The van der Waals surface area contributed by atoms with Gasteiger partial charge < -0.3 is 5.32 Å². The third kappa shape index (κ3) is 3.93. The van der Waals surface area contributed by atoms with Gasteiger partial charge in [-0.3, -0.25) is 4.79 Å². The molecule has 1 aromatic carbocycles. The molecular weight excluding hydrogens is 305 g/mol. The summed E-state index contributed by atoms with van der Waals surface area (Å²) in [6.07, 6.45) is 0.646. The van der Waals surface area contributed by atoms with Gasteiger partial charge in [-0.15, -0.1) is 0 Å². The van der Waals surface area contributed by atoms with Crippen molar-refractivity contribution in [2.45, 2.75) is 44.6 Å². The van der Waals surface area contributed by atoms with Gasteiger partial charge in [-0.1, -0.05) is 6.92 Å². The maximum atomic E-state index is 14.0. The van der Waals surface area contributed by atoms with Gasteiger partial charge in [0, 0.05) is 16.2 Å². The van der Waals surface area contributed by atoms with E-state index in [4.69, 9.17) is 10.7 Å². The van der Waals surface area contributed by atoms with E-state index >= 15 is 0 Å². The molecule has 0 aromatic heterocycles. The zero-order valence-electron chi connectivity index (χ0n) is 11.8. The van der Waals surface area contributed by atoms with Gasteiger partial charge in [-0.05, 0) is 44.9 Å². The summed E-state index contributed by atoms with van der Waals surface area (Å²) in [5.41, 5.74) is -0.801. The van der Waals surface area contributed by atoms with Crippen LogP contribution in [-0.2, 0) is 9.05 Å². The summed E-state index contributed by atoms with van der Waals surface area (Å²) in [5.74, 6) is -1.42. The van der Waals surface area contributed by atoms with Crippen molar-refractivity contribution in [3.63, 3.8) is 0 Å². The average molecular weight is 322 g/mol. The maximum absolute atomic E-state index is 14.0. The molecule has 4 nitrogen and oxygen atoms in total. The highest BCUT2D eigenvalue weighted by Gasteiger charge is 2.24. The normalized spacial score (nSPS) is 12.3. The Morgan fingerprint density at radius 3 is 2.40 bits per heavy atom. The lowest BCUT2D eigenvalue weighted by Crippen LogP contribution is -2.43. The fourth-order valence-corrected chi connectivity index (χ4v) is 2.35. The van der Waals surface area contributed by atoms with Gasteiger partial charge >= 0.3 is 0 Å². The third-order valence-electron chi connectivity index (χ3n) is 3.09. The highest BCUT2D eigenvalue weighted by molar-refractivity contribution is 8.13. The van der Waals surface area contributed by atoms with E-state index < -0.39 is 26.3 Å². The lowest BCUT2D eigenvalue weighted by Gasteiger charge is -2.24. The van der Waals surface area contributed by atoms with Crippen LogP contribution in [0.5, 0.6) is 0 Å². The molecule has 0 saturated heterocycles. The molecular formula is C13H17ClFNO3S. The minimum Gasteiger partial charge on any atom is -0.347 e. The Hall–Kier alpha value is -1.14. The van der Waals surface area contributed by atoms with Crippen LogP contribution < -0.4 is 5.32 Å².